The van der Waals surface area contributed by atoms with Gasteiger partial charge in [-0.25, -0.2) is 0 Å². The van der Waals surface area contributed by atoms with Gasteiger partial charge in [-0.3, -0.25) is 4.79 Å². The fraction of sp³-hybridized carbons (Fsp3) is 0.500. The molecule has 1 rings (SSSR count). The Morgan fingerprint density at radius 2 is 2.06 bits per heavy atom. The maximum Gasteiger partial charge on any atom is 0.221 e. The molecule has 18 heavy (non-hydrogen) atoms. The molecule has 1 aromatic carbocycles. The Kier molecular flexibility index (Phi) is 6.39. The van der Waals surface area contributed by atoms with Crippen LogP contribution in [0, 0.1) is 0 Å². The van der Waals surface area contributed by atoms with Gasteiger partial charge in [-0.2, -0.15) is 0 Å². The Labute approximate surface area is 109 Å². The summed E-state index contributed by atoms with van der Waals surface area (Å²) in [6.07, 6.45) is 0. The molecule has 0 unspecified atom stereocenters. The predicted molar refractivity (Wildman–Crippen MR) is 75.6 cm³/mol. The molecule has 4 heteroatoms. The molecule has 2 N–H and O–H groups in total. The van der Waals surface area contributed by atoms with Gasteiger partial charge in [-0.05, 0) is 25.2 Å². The summed E-state index contributed by atoms with van der Waals surface area (Å²) in [5, 5.41) is 6.23. The van der Waals surface area contributed by atoms with E-state index in [0.717, 1.165) is 37.4 Å². The number of nitrogens with one attached hydrogen (secondary N) is 2. The summed E-state index contributed by atoms with van der Waals surface area (Å²) in [4.78, 5) is 13.3. The van der Waals surface area contributed by atoms with Crippen molar-refractivity contribution < 1.29 is 4.79 Å². The van der Waals surface area contributed by atoms with E-state index in [2.05, 4.69) is 29.5 Å². The monoisotopic (exact) mass is 249 g/mol. The van der Waals surface area contributed by atoms with Gasteiger partial charge in [0.15, 0.2) is 0 Å². The lowest BCUT2D eigenvalue weighted by molar-refractivity contribution is -0.114. The molecule has 0 bridgehead atoms. The second-order valence-corrected chi connectivity index (χ2v) is 4.41. The van der Waals surface area contributed by atoms with Crippen LogP contribution in [0.5, 0.6) is 0 Å². The van der Waals surface area contributed by atoms with Crippen LogP contribution in [0.25, 0.3) is 0 Å². The molecule has 0 radical (unpaired) electrons. The van der Waals surface area contributed by atoms with E-state index in [0.29, 0.717) is 0 Å². The third kappa shape index (κ3) is 5.29. The molecule has 0 aromatic heterocycles. The Bertz CT molecular complexity index is 379. The van der Waals surface area contributed by atoms with Gasteiger partial charge in [0.2, 0.25) is 5.91 Å². The first-order valence-corrected chi connectivity index (χ1v) is 6.38. The van der Waals surface area contributed by atoms with E-state index in [9.17, 15) is 4.79 Å². The zero-order chi connectivity index (χ0) is 13.4. The first-order chi connectivity index (χ1) is 8.63. The Balaban J connectivity index is 2.44. The summed E-state index contributed by atoms with van der Waals surface area (Å²) in [5.74, 6) is -0.0341. The number of amides is 1. The number of hydrogen-bond acceptors (Lipinski definition) is 3. The molecule has 0 heterocycles. The van der Waals surface area contributed by atoms with Crippen LogP contribution < -0.4 is 10.6 Å². The second kappa shape index (κ2) is 7.84. The van der Waals surface area contributed by atoms with E-state index in [4.69, 9.17) is 0 Å². The van der Waals surface area contributed by atoms with Gasteiger partial charge in [0.25, 0.3) is 0 Å². The van der Waals surface area contributed by atoms with E-state index >= 15 is 0 Å². The lowest BCUT2D eigenvalue weighted by atomic mass is 10.1. The quantitative estimate of drug-likeness (QED) is 0.723. The third-order valence-corrected chi connectivity index (χ3v) is 2.85. The largest absolute Gasteiger partial charge is 0.326 e. The van der Waals surface area contributed by atoms with Gasteiger partial charge in [-0.15, -0.1) is 0 Å². The average Bonchev–Trinajstić information content (AvgIpc) is 2.35. The zero-order valence-electron chi connectivity index (χ0n) is 11.5. The average molecular weight is 249 g/mol. The van der Waals surface area contributed by atoms with Crippen molar-refractivity contribution >= 4 is 11.6 Å². The standard InChI is InChI=1S/C14H23N3O/c1-4-17(3)10-9-15-11-13-7-5-6-8-14(13)16-12(2)18/h5-8,15H,4,9-11H2,1-3H3,(H,16,18). The molecule has 1 aromatic rings. The molecule has 0 aliphatic carbocycles. The minimum Gasteiger partial charge on any atom is -0.326 e. The smallest absolute Gasteiger partial charge is 0.221 e. The van der Waals surface area contributed by atoms with Crippen LogP contribution in [0.4, 0.5) is 5.69 Å². The molecular weight excluding hydrogens is 226 g/mol. The van der Waals surface area contributed by atoms with Gasteiger partial charge < -0.3 is 15.5 Å². The highest BCUT2D eigenvalue weighted by Crippen LogP contribution is 2.14. The van der Waals surface area contributed by atoms with Crippen molar-refractivity contribution in [2.45, 2.75) is 20.4 Å². The first kappa shape index (κ1) is 14.7. The van der Waals surface area contributed by atoms with Crippen LogP contribution in [-0.2, 0) is 11.3 Å². The molecule has 1 amide bonds. The van der Waals surface area contributed by atoms with Crippen molar-refractivity contribution in [1.82, 2.24) is 10.2 Å². The van der Waals surface area contributed by atoms with Crippen LogP contribution in [0.2, 0.25) is 0 Å². The van der Waals surface area contributed by atoms with Crippen molar-refractivity contribution in [3.05, 3.63) is 29.8 Å². The normalized spacial score (nSPS) is 10.7. The molecule has 0 spiro atoms. The number of nitrogens with zero attached hydrogens (tertiary/aromatic N) is 1. The Morgan fingerprint density at radius 3 is 2.72 bits per heavy atom. The summed E-state index contributed by atoms with van der Waals surface area (Å²) in [6.45, 7) is 7.47. The summed E-state index contributed by atoms with van der Waals surface area (Å²) >= 11 is 0. The fourth-order valence-electron chi connectivity index (χ4n) is 1.64. The van der Waals surface area contributed by atoms with Crippen molar-refractivity contribution in [3.8, 4) is 0 Å². The van der Waals surface area contributed by atoms with Gasteiger partial charge >= 0.3 is 0 Å². The number of para-hydroxylation sites is 1. The number of rotatable bonds is 7. The molecule has 0 fully saturated rings. The highest BCUT2D eigenvalue weighted by Gasteiger charge is 2.02. The number of benzene rings is 1. The van der Waals surface area contributed by atoms with Crippen molar-refractivity contribution in [2.24, 2.45) is 0 Å². The van der Waals surface area contributed by atoms with Crippen LogP contribution in [-0.4, -0.2) is 37.5 Å². The van der Waals surface area contributed by atoms with E-state index in [1.807, 2.05) is 24.3 Å². The maximum atomic E-state index is 11.1. The van der Waals surface area contributed by atoms with Gasteiger partial charge in [0, 0.05) is 32.2 Å². The molecule has 0 saturated carbocycles. The van der Waals surface area contributed by atoms with Crippen molar-refractivity contribution in [1.29, 1.82) is 0 Å². The van der Waals surface area contributed by atoms with Crippen LogP contribution >= 0.6 is 0 Å². The summed E-state index contributed by atoms with van der Waals surface area (Å²) in [6, 6.07) is 7.87. The second-order valence-electron chi connectivity index (χ2n) is 4.41. The molecule has 0 aliphatic rings. The molecule has 100 valence electrons. The zero-order valence-corrected chi connectivity index (χ0v) is 11.5. The van der Waals surface area contributed by atoms with Crippen molar-refractivity contribution in [3.63, 3.8) is 0 Å². The Morgan fingerprint density at radius 1 is 1.33 bits per heavy atom. The minimum atomic E-state index is -0.0341. The number of anilines is 1. The maximum absolute atomic E-state index is 11.1. The molecule has 4 nitrogen and oxygen atoms in total. The third-order valence-electron chi connectivity index (χ3n) is 2.85. The lowest BCUT2D eigenvalue weighted by Gasteiger charge is -2.15. The topological polar surface area (TPSA) is 44.4 Å². The van der Waals surface area contributed by atoms with Crippen LogP contribution in [0.3, 0.4) is 0 Å². The number of carbonyl (C=O) groups excluding carboxylic acids is 1. The molecule has 0 saturated heterocycles. The van der Waals surface area contributed by atoms with Gasteiger partial charge in [-0.1, -0.05) is 25.1 Å². The highest BCUT2D eigenvalue weighted by atomic mass is 16.1. The number of carbonyl (C=O) groups is 1. The molecular formula is C14H23N3O. The SMILES string of the molecule is CCN(C)CCNCc1ccccc1NC(C)=O. The summed E-state index contributed by atoms with van der Waals surface area (Å²) < 4.78 is 0. The Hall–Kier alpha value is -1.39. The first-order valence-electron chi connectivity index (χ1n) is 6.38. The number of hydrogen-bond donors (Lipinski definition) is 2. The van der Waals surface area contributed by atoms with Crippen molar-refractivity contribution in [2.75, 3.05) is 32.0 Å². The van der Waals surface area contributed by atoms with E-state index in [1.54, 1.807) is 0 Å². The highest BCUT2D eigenvalue weighted by molar-refractivity contribution is 5.89. The van der Waals surface area contributed by atoms with Crippen LogP contribution in [0.1, 0.15) is 19.4 Å². The summed E-state index contributed by atoms with van der Waals surface area (Å²) in [5.41, 5.74) is 2.01. The lowest BCUT2D eigenvalue weighted by Crippen LogP contribution is -2.29. The van der Waals surface area contributed by atoms with E-state index in [-0.39, 0.29) is 5.91 Å². The van der Waals surface area contributed by atoms with Gasteiger partial charge in [0.05, 0.1) is 0 Å². The van der Waals surface area contributed by atoms with Crippen LogP contribution in [0.15, 0.2) is 24.3 Å². The molecule has 0 atom stereocenters. The summed E-state index contributed by atoms with van der Waals surface area (Å²) in [7, 11) is 2.10. The van der Waals surface area contributed by atoms with Gasteiger partial charge in [0.1, 0.15) is 0 Å². The predicted octanol–water partition coefficient (Wildman–Crippen LogP) is 1.69. The van der Waals surface area contributed by atoms with E-state index in [1.165, 1.54) is 6.92 Å². The molecule has 0 aliphatic heterocycles. The minimum absolute atomic E-state index is 0.0341. The van der Waals surface area contributed by atoms with E-state index < -0.39 is 0 Å². The number of likely N-dealkylation sites (N-methyl/N-ethyl adjacent to an activating group) is 1. The fourth-order valence-corrected chi connectivity index (χ4v) is 1.64.